The molecule has 1 fully saturated rings. The normalized spacial score (nSPS) is 21.3. The van der Waals surface area contributed by atoms with Crippen LogP contribution in [0.3, 0.4) is 0 Å². The van der Waals surface area contributed by atoms with Crippen LogP contribution in [0.2, 0.25) is 0 Å². The third kappa shape index (κ3) is 4.80. The van der Waals surface area contributed by atoms with Crippen molar-refractivity contribution in [1.29, 1.82) is 0 Å². The molecule has 4 heteroatoms. The Hall–Kier alpha value is -2.90. The Morgan fingerprint density at radius 1 is 1.17 bits per heavy atom. The molecule has 2 aromatic rings. The Kier molecular flexibility index (Phi) is 6.01. The predicted octanol–water partition coefficient (Wildman–Crippen LogP) is 4.83. The number of hydrogen-bond donors (Lipinski definition) is 1. The lowest BCUT2D eigenvalue weighted by Crippen LogP contribution is -2.43. The van der Waals surface area contributed by atoms with Crippen molar-refractivity contribution >= 4 is 5.70 Å². The number of ether oxygens (including phenoxy) is 1. The highest BCUT2D eigenvalue weighted by Crippen LogP contribution is 2.36. The van der Waals surface area contributed by atoms with Crippen LogP contribution in [-0.2, 0) is 0 Å². The minimum atomic E-state index is 0.105. The molecule has 156 valence electrons. The van der Waals surface area contributed by atoms with E-state index >= 15 is 0 Å². The van der Waals surface area contributed by atoms with Gasteiger partial charge in [0.1, 0.15) is 11.9 Å². The number of hydrazine groups is 2. The molecule has 0 bridgehead atoms. The number of nitrogens with one attached hydrogen (secondary N) is 1. The molecular formula is C26H31N3O. The molecule has 0 saturated heterocycles. The molecule has 4 rings (SSSR count). The molecule has 0 amide bonds. The van der Waals surface area contributed by atoms with Gasteiger partial charge in [-0.15, -0.1) is 5.12 Å². The highest BCUT2D eigenvalue weighted by Gasteiger charge is 2.30. The van der Waals surface area contributed by atoms with Gasteiger partial charge in [-0.2, -0.15) is 0 Å². The summed E-state index contributed by atoms with van der Waals surface area (Å²) in [6, 6.07) is 16.7. The van der Waals surface area contributed by atoms with E-state index in [4.69, 9.17) is 4.74 Å². The second-order valence-electron chi connectivity index (χ2n) is 8.38. The van der Waals surface area contributed by atoms with Gasteiger partial charge < -0.3 is 4.74 Å². The van der Waals surface area contributed by atoms with E-state index in [0.717, 1.165) is 41.5 Å². The van der Waals surface area contributed by atoms with Gasteiger partial charge in [0.05, 0.1) is 12.2 Å². The summed E-state index contributed by atoms with van der Waals surface area (Å²) in [4.78, 5) is 0. The molecule has 2 unspecified atom stereocenters. The minimum Gasteiger partial charge on any atom is -0.488 e. The summed E-state index contributed by atoms with van der Waals surface area (Å²) < 4.78 is 6.28. The van der Waals surface area contributed by atoms with E-state index < -0.39 is 0 Å². The van der Waals surface area contributed by atoms with E-state index in [9.17, 15) is 0 Å². The van der Waals surface area contributed by atoms with Gasteiger partial charge in [-0.25, -0.2) is 0 Å². The van der Waals surface area contributed by atoms with Gasteiger partial charge >= 0.3 is 0 Å². The molecule has 0 radical (unpaired) electrons. The van der Waals surface area contributed by atoms with Crippen molar-refractivity contribution in [1.82, 2.24) is 15.6 Å². The fraction of sp³-hybridized carbons (Fsp3) is 0.385. The zero-order chi connectivity index (χ0) is 21.1. The maximum atomic E-state index is 6.28. The second-order valence-corrected chi connectivity index (χ2v) is 8.38. The number of nitrogens with zero attached hydrogens (tertiary/aromatic N) is 2. The third-order valence-corrected chi connectivity index (χ3v) is 5.89. The van der Waals surface area contributed by atoms with Crippen LogP contribution < -0.4 is 10.2 Å². The summed E-state index contributed by atoms with van der Waals surface area (Å²) in [5.74, 6) is 9.00. The van der Waals surface area contributed by atoms with Crippen LogP contribution in [0, 0.1) is 30.6 Å². The summed E-state index contributed by atoms with van der Waals surface area (Å²) in [6.07, 6.45) is 4.44. The van der Waals surface area contributed by atoms with Crippen LogP contribution in [-0.4, -0.2) is 29.8 Å². The molecule has 3 atom stereocenters. The lowest BCUT2D eigenvalue weighted by atomic mass is 10.1. The number of hydrogen-bond acceptors (Lipinski definition) is 4. The molecule has 2 aromatic carbocycles. The molecule has 1 N–H and O–H groups in total. The second kappa shape index (κ2) is 8.85. The SMILES string of the molecule is CC[C@H](CN1C=C(c2ccc(C#CC3CC3C)cc2)NN1C)Oc1ccccc1C. The van der Waals surface area contributed by atoms with Gasteiger partial charge in [-0.1, -0.05) is 56.0 Å². The molecule has 0 aromatic heterocycles. The highest BCUT2D eigenvalue weighted by atomic mass is 16.5. The fourth-order valence-electron chi connectivity index (χ4n) is 3.58. The van der Waals surface area contributed by atoms with Crippen molar-refractivity contribution in [3.05, 3.63) is 71.4 Å². The Morgan fingerprint density at radius 2 is 1.90 bits per heavy atom. The van der Waals surface area contributed by atoms with Crippen molar-refractivity contribution in [2.75, 3.05) is 13.6 Å². The topological polar surface area (TPSA) is 27.7 Å². The molecule has 1 saturated carbocycles. The zero-order valence-corrected chi connectivity index (χ0v) is 18.4. The first kappa shape index (κ1) is 20.4. The molecule has 1 aliphatic carbocycles. The number of benzene rings is 2. The standard InChI is InChI=1S/C26H31N3O/c1-5-24(30-26-9-7-6-8-19(26)2)17-29-18-25(27-28(29)4)22-13-10-21(11-14-22)12-15-23-16-20(23)3/h6-11,13-14,18,20,23-24,27H,5,16-17H2,1-4H3/t20?,23?,24-/m1/s1. The van der Waals surface area contributed by atoms with Gasteiger partial charge in [0, 0.05) is 30.3 Å². The van der Waals surface area contributed by atoms with Gasteiger partial charge in [0.2, 0.25) is 0 Å². The molecule has 30 heavy (non-hydrogen) atoms. The maximum Gasteiger partial charge on any atom is 0.122 e. The van der Waals surface area contributed by atoms with Crippen molar-refractivity contribution in [2.45, 2.75) is 39.7 Å². The number of rotatable bonds is 6. The van der Waals surface area contributed by atoms with Crippen LogP contribution >= 0.6 is 0 Å². The summed E-state index contributed by atoms with van der Waals surface area (Å²) in [5, 5.41) is 4.19. The van der Waals surface area contributed by atoms with Crippen molar-refractivity contribution in [2.24, 2.45) is 11.8 Å². The van der Waals surface area contributed by atoms with Crippen molar-refractivity contribution in [3.63, 3.8) is 0 Å². The fourth-order valence-corrected chi connectivity index (χ4v) is 3.58. The average molecular weight is 402 g/mol. The molecule has 2 aliphatic rings. The van der Waals surface area contributed by atoms with E-state index in [-0.39, 0.29) is 6.10 Å². The van der Waals surface area contributed by atoms with Gasteiger partial charge in [-0.05, 0) is 49.4 Å². The molecule has 0 spiro atoms. The smallest absolute Gasteiger partial charge is 0.122 e. The highest BCUT2D eigenvalue weighted by molar-refractivity contribution is 5.65. The Labute approximate surface area is 180 Å². The van der Waals surface area contributed by atoms with Crippen LogP contribution in [0.5, 0.6) is 5.75 Å². The van der Waals surface area contributed by atoms with Crippen LogP contribution in [0.4, 0.5) is 0 Å². The Bertz CT molecular complexity index is 970. The Balaban J connectivity index is 1.41. The van der Waals surface area contributed by atoms with Crippen LogP contribution in [0.15, 0.2) is 54.7 Å². The lowest BCUT2D eigenvalue weighted by Gasteiger charge is -2.29. The molecule has 1 heterocycles. The van der Waals surface area contributed by atoms with E-state index in [1.165, 1.54) is 12.0 Å². The van der Waals surface area contributed by atoms with Crippen LogP contribution in [0.25, 0.3) is 5.70 Å². The monoisotopic (exact) mass is 401 g/mol. The van der Waals surface area contributed by atoms with Gasteiger partial charge in [0.15, 0.2) is 0 Å². The first-order valence-electron chi connectivity index (χ1n) is 10.9. The van der Waals surface area contributed by atoms with Crippen molar-refractivity contribution in [3.8, 4) is 17.6 Å². The molecule has 4 nitrogen and oxygen atoms in total. The lowest BCUT2D eigenvalue weighted by molar-refractivity contribution is 0.00525. The first-order chi connectivity index (χ1) is 14.5. The predicted molar refractivity (Wildman–Crippen MR) is 122 cm³/mol. The molecule has 1 aliphatic heterocycles. The van der Waals surface area contributed by atoms with E-state index in [0.29, 0.717) is 5.92 Å². The average Bonchev–Trinajstić information content (AvgIpc) is 3.34. The zero-order valence-electron chi connectivity index (χ0n) is 18.4. The summed E-state index contributed by atoms with van der Waals surface area (Å²) >= 11 is 0. The Morgan fingerprint density at radius 3 is 2.57 bits per heavy atom. The summed E-state index contributed by atoms with van der Waals surface area (Å²) in [5.41, 5.74) is 7.93. The van der Waals surface area contributed by atoms with Gasteiger partial charge in [-0.3, -0.25) is 10.4 Å². The number of para-hydroxylation sites is 1. The van der Waals surface area contributed by atoms with E-state index in [2.05, 4.69) is 79.6 Å². The van der Waals surface area contributed by atoms with Gasteiger partial charge in [0.25, 0.3) is 0 Å². The molecular weight excluding hydrogens is 370 g/mol. The summed E-state index contributed by atoms with van der Waals surface area (Å²) in [7, 11) is 2.03. The number of aryl methyl sites for hydroxylation is 1. The quantitative estimate of drug-likeness (QED) is 0.702. The maximum absolute atomic E-state index is 6.28. The minimum absolute atomic E-state index is 0.105. The van der Waals surface area contributed by atoms with Crippen LogP contribution in [0.1, 0.15) is 43.4 Å². The first-order valence-corrected chi connectivity index (χ1v) is 10.9. The summed E-state index contributed by atoms with van der Waals surface area (Å²) in [6.45, 7) is 7.29. The largest absolute Gasteiger partial charge is 0.488 e. The van der Waals surface area contributed by atoms with E-state index in [1.54, 1.807) is 0 Å². The van der Waals surface area contributed by atoms with Crippen molar-refractivity contribution < 1.29 is 4.74 Å². The third-order valence-electron chi connectivity index (χ3n) is 5.89. The van der Waals surface area contributed by atoms with E-state index in [1.807, 2.05) is 30.4 Å².